The number of hydrogen-bond acceptors (Lipinski definition) is 4. The number of amides is 2. The van der Waals surface area contributed by atoms with E-state index < -0.39 is 6.10 Å². The van der Waals surface area contributed by atoms with Crippen LogP contribution in [0.4, 0.5) is 0 Å². The van der Waals surface area contributed by atoms with Gasteiger partial charge in [0.25, 0.3) is 5.91 Å². The summed E-state index contributed by atoms with van der Waals surface area (Å²) in [7, 11) is 1.54. The number of ether oxygens (including phenoxy) is 1. The van der Waals surface area contributed by atoms with Gasteiger partial charge in [0.1, 0.15) is 6.10 Å². The minimum atomic E-state index is -0.428. The third kappa shape index (κ3) is 3.49. The summed E-state index contributed by atoms with van der Waals surface area (Å²) in [5, 5.41) is 3.25. The Bertz CT molecular complexity index is 356. The summed E-state index contributed by atoms with van der Waals surface area (Å²) >= 11 is 0. The van der Waals surface area contributed by atoms with Gasteiger partial charge in [-0.05, 0) is 19.8 Å². The van der Waals surface area contributed by atoms with Crippen molar-refractivity contribution < 1.29 is 14.3 Å². The molecule has 0 aromatic carbocycles. The van der Waals surface area contributed by atoms with Gasteiger partial charge in [-0.1, -0.05) is 0 Å². The first-order valence-corrected chi connectivity index (χ1v) is 7.44. The summed E-state index contributed by atoms with van der Waals surface area (Å²) in [6.45, 7) is 6.30. The molecule has 2 saturated heterocycles. The van der Waals surface area contributed by atoms with Crippen molar-refractivity contribution in [3.8, 4) is 0 Å². The lowest BCUT2D eigenvalue weighted by Gasteiger charge is -2.37. The van der Waals surface area contributed by atoms with E-state index in [0.717, 1.165) is 45.6 Å². The number of nitrogens with zero attached hydrogens (tertiary/aromatic N) is 2. The van der Waals surface area contributed by atoms with E-state index in [9.17, 15) is 9.59 Å². The van der Waals surface area contributed by atoms with Gasteiger partial charge >= 0.3 is 0 Å². The van der Waals surface area contributed by atoms with E-state index in [1.165, 1.54) is 7.11 Å². The second-order valence-electron chi connectivity index (χ2n) is 5.58. The second-order valence-corrected chi connectivity index (χ2v) is 5.58. The third-order valence-electron chi connectivity index (χ3n) is 4.21. The minimum absolute atomic E-state index is 0.00897. The van der Waals surface area contributed by atoms with Crippen molar-refractivity contribution in [3.63, 3.8) is 0 Å². The van der Waals surface area contributed by atoms with Crippen LogP contribution in [0.2, 0.25) is 0 Å². The van der Waals surface area contributed by atoms with Crippen LogP contribution >= 0.6 is 0 Å². The predicted octanol–water partition coefficient (Wildman–Crippen LogP) is -0.308. The lowest BCUT2D eigenvalue weighted by atomic mass is 9.96. The average molecular weight is 283 g/mol. The van der Waals surface area contributed by atoms with Gasteiger partial charge in [0, 0.05) is 46.4 Å². The molecule has 114 valence electrons. The molecule has 0 aromatic rings. The maximum absolute atomic E-state index is 12.5. The van der Waals surface area contributed by atoms with Crippen LogP contribution in [0.5, 0.6) is 0 Å². The molecule has 2 rings (SSSR count). The summed E-state index contributed by atoms with van der Waals surface area (Å²) in [6, 6.07) is 0. The van der Waals surface area contributed by atoms with Crippen LogP contribution in [-0.4, -0.2) is 74.1 Å². The van der Waals surface area contributed by atoms with E-state index in [1.807, 2.05) is 4.90 Å². The first-order valence-electron chi connectivity index (χ1n) is 7.44. The highest BCUT2D eigenvalue weighted by molar-refractivity contribution is 5.83. The van der Waals surface area contributed by atoms with Crippen LogP contribution < -0.4 is 5.32 Å². The van der Waals surface area contributed by atoms with Crippen molar-refractivity contribution in [2.45, 2.75) is 25.9 Å². The summed E-state index contributed by atoms with van der Waals surface area (Å²) < 4.78 is 5.08. The molecule has 2 amide bonds. The normalized spacial score (nSPS) is 25.4. The van der Waals surface area contributed by atoms with Gasteiger partial charge < -0.3 is 19.9 Å². The zero-order chi connectivity index (χ0) is 14.5. The molecule has 2 heterocycles. The molecule has 1 N–H and O–H groups in total. The Morgan fingerprint density at radius 2 is 1.90 bits per heavy atom. The van der Waals surface area contributed by atoms with E-state index in [2.05, 4.69) is 5.32 Å². The van der Waals surface area contributed by atoms with Crippen LogP contribution in [0.25, 0.3) is 0 Å². The Hall–Kier alpha value is -1.14. The van der Waals surface area contributed by atoms with Crippen LogP contribution in [0.15, 0.2) is 0 Å². The molecule has 20 heavy (non-hydrogen) atoms. The number of piperidine rings is 1. The maximum atomic E-state index is 12.5. The van der Waals surface area contributed by atoms with Crippen molar-refractivity contribution >= 4 is 11.8 Å². The SMILES string of the molecule is COC(C)C(=O)N1CCCC(C(=O)N2CCNCC2)C1. The highest BCUT2D eigenvalue weighted by atomic mass is 16.5. The number of hydrogen-bond donors (Lipinski definition) is 1. The Kier molecular flexibility index (Phi) is 5.37. The van der Waals surface area contributed by atoms with Crippen LogP contribution in [-0.2, 0) is 14.3 Å². The highest BCUT2D eigenvalue weighted by Gasteiger charge is 2.32. The summed E-state index contributed by atoms with van der Waals surface area (Å²) in [5.41, 5.74) is 0. The van der Waals surface area contributed by atoms with E-state index in [0.29, 0.717) is 6.54 Å². The summed E-state index contributed by atoms with van der Waals surface area (Å²) in [6.07, 6.45) is 1.35. The molecule has 2 aliphatic rings. The number of carbonyl (C=O) groups is 2. The Labute approximate surface area is 120 Å². The van der Waals surface area contributed by atoms with E-state index >= 15 is 0 Å². The van der Waals surface area contributed by atoms with Gasteiger partial charge in [-0.15, -0.1) is 0 Å². The predicted molar refractivity (Wildman–Crippen MR) is 75.2 cm³/mol. The quantitative estimate of drug-likeness (QED) is 0.772. The molecule has 0 aromatic heterocycles. The number of carbonyl (C=O) groups excluding carboxylic acids is 2. The molecular weight excluding hydrogens is 258 g/mol. The third-order valence-corrected chi connectivity index (χ3v) is 4.21. The van der Waals surface area contributed by atoms with Gasteiger partial charge in [-0.3, -0.25) is 9.59 Å². The van der Waals surface area contributed by atoms with Crippen molar-refractivity contribution in [2.75, 3.05) is 46.4 Å². The van der Waals surface area contributed by atoms with Crippen molar-refractivity contribution in [1.82, 2.24) is 15.1 Å². The van der Waals surface area contributed by atoms with Crippen molar-refractivity contribution in [2.24, 2.45) is 5.92 Å². The first-order chi connectivity index (χ1) is 9.63. The topological polar surface area (TPSA) is 61.9 Å². The molecule has 6 nitrogen and oxygen atoms in total. The van der Waals surface area contributed by atoms with Gasteiger partial charge in [-0.25, -0.2) is 0 Å². The van der Waals surface area contributed by atoms with Gasteiger partial charge in [0.2, 0.25) is 5.91 Å². The molecular formula is C14H25N3O3. The van der Waals surface area contributed by atoms with E-state index in [-0.39, 0.29) is 17.7 Å². The van der Waals surface area contributed by atoms with Crippen LogP contribution in [0.3, 0.4) is 0 Å². The molecule has 0 radical (unpaired) electrons. The first kappa shape index (κ1) is 15.3. The fourth-order valence-corrected chi connectivity index (χ4v) is 2.88. The van der Waals surface area contributed by atoms with Gasteiger partial charge in [0.05, 0.1) is 5.92 Å². The largest absolute Gasteiger partial charge is 0.372 e. The lowest BCUT2D eigenvalue weighted by molar-refractivity contribution is -0.146. The highest BCUT2D eigenvalue weighted by Crippen LogP contribution is 2.20. The van der Waals surface area contributed by atoms with Crippen molar-refractivity contribution in [1.29, 1.82) is 0 Å². The number of methoxy groups -OCH3 is 1. The summed E-state index contributed by atoms with van der Waals surface area (Å²) in [5.74, 6) is 0.147. The zero-order valence-electron chi connectivity index (χ0n) is 12.4. The Morgan fingerprint density at radius 1 is 1.20 bits per heavy atom. The number of piperazine rings is 1. The molecule has 2 atom stereocenters. The fourth-order valence-electron chi connectivity index (χ4n) is 2.88. The van der Waals surface area contributed by atoms with E-state index in [4.69, 9.17) is 4.74 Å². The van der Waals surface area contributed by atoms with Gasteiger partial charge in [0.15, 0.2) is 0 Å². The molecule has 0 spiro atoms. The molecule has 2 aliphatic heterocycles. The number of nitrogens with one attached hydrogen (secondary N) is 1. The molecule has 2 unspecified atom stereocenters. The summed E-state index contributed by atoms with van der Waals surface area (Å²) in [4.78, 5) is 28.3. The molecule has 6 heteroatoms. The van der Waals surface area contributed by atoms with Gasteiger partial charge in [-0.2, -0.15) is 0 Å². The maximum Gasteiger partial charge on any atom is 0.251 e. The molecule has 0 aliphatic carbocycles. The monoisotopic (exact) mass is 283 g/mol. The fraction of sp³-hybridized carbons (Fsp3) is 0.857. The standard InChI is InChI=1S/C14H25N3O3/c1-11(20-2)13(18)17-7-3-4-12(10-17)14(19)16-8-5-15-6-9-16/h11-12,15H,3-10H2,1-2H3. The zero-order valence-corrected chi connectivity index (χ0v) is 12.4. The molecule has 2 fully saturated rings. The average Bonchev–Trinajstić information content (AvgIpc) is 2.53. The smallest absolute Gasteiger partial charge is 0.251 e. The number of likely N-dealkylation sites (tertiary alicyclic amines) is 1. The lowest BCUT2D eigenvalue weighted by Crippen LogP contribution is -2.52. The second kappa shape index (κ2) is 7.04. The molecule has 0 bridgehead atoms. The van der Waals surface area contributed by atoms with E-state index in [1.54, 1.807) is 11.8 Å². The Morgan fingerprint density at radius 3 is 2.55 bits per heavy atom. The van der Waals surface area contributed by atoms with Crippen molar-refractivity contribution in [3.05, 3.63) is 0 Å². The van der Waals surface area contributed by atoms with Crippen LogP contribution in [0.1, 0.15) is 19.8 Å². The molecule has 0 saturated carbocycles. The van der Waals surface area contributed by atoms with Crippen LogP contribution in [0, 0.1) is 5.92 Å². The number of rotatable bonds is 3. The minimum Gasteiger partial charge on any atom is -0.372 e. The Balaban J connectivity index is 1.92.